The monoisotopic (exact) mass is 224 g/mol. The topological polar surface area (TPSA) is 32.3 Å². The minimum atomic E-state index is 0.187. The molecule has 0 aromatic carbocycles. The molecule has 0 atom stereocenters. The van der Waals surface area contributed by atoms with Gasteiger partial charge in [-0.1, -0.05) is 6.92 Å². The lowest BCUT2D eigenvalue weighted by atomic mass is 10.2. The van der Waals surface area contributed by atoms with Crippen molar-refractivity contribution in [3.8, 4) is 0 Å². The Morgan fingerprint density at radius 1 is 1.53 bits per heavy atom. The number of hydrogen-bond acceptors (Lipinski definition) is 3. The van der Waals surface area contributed by atoms with Crippen molar-refractivity contribution in [3.05, 3.63) is 21.9 Å². The van der Waals surface area contributed by atoms with Crippen molar-refractivity contribution in [1.82, 2.24) is 10.2 Å². The van der Waals surface area contributed by atoms with Gasteiger partial charge in [0.25, 0.3) is 5.91 Å². The van der Waals surface area contributed by atoms with E-state index in [1.165, 1.54) is 4.88 Å². The lowest BCUT2D eigenvalue weighted by Crippen LogP contribution is -2.46. The van der Waals surface area contributed by atoms with Crippen molar-refractivity contribution >= 4 is 17.2 Å². The van der Waals surface area contributed by atoms with Gasteiger partial charge in [-0.25, -0.2) is 0 Å². The number of carbonyl (C=O) groups is 1. The molecule has 2 heterocycles. The molecule has 1 aromatic rings. The maximum atomic E-state index is 12.0. The number of carbonyl (C=O) groups excluding carboxylic acids is 1. The second-order valence-electron chi connectivity index (χ2n) is 3.70. The Morgan fingerprint density at radius 3 is 2.87 bits per heavy atom. The van der Waals surface area contributed by atoms with E-state index in [4.69, 9.17) is 0 Å². The molecule has 1 fully saturated rings. The van der Waals surface area contributed by atoms with Crippen LogP contribution < -0.4 is 5.32 Å². The Hall–Kier alpha value is -0.870. The zero-order valence-corrected chi connectivity index (χ0v) is 9.77. The van der Waals surface area contributed by atoms with Crippen LogP contribution in [0.2, 0.25) is 0 Å². The van der Waals surface area contributed by atoms with Crippen LogP contribution in [0.15, 0.2) is 11.4 Å². The number of hydrogen-bond donors (Lipinski definition) is 1. The van der Waals surface area contributed by atoms with E-state index in [1.807, 2.05) is 16.3 Å². The van der Waals surface area contributed by atoms with Crippen molar-refractivity contribution < 1.29 is 4.79 Å². The Kier molecular flexibility index (Phi) is 3.38. The zero-order chi connectivity index (χ0) is 10.7. The lowest BCUT2D eigenvalue weighted by molar-refractivity contribution is 0.0736. The minimum Gasteiger partial charge on any atom is -0.336 e. The highest BCUT2D eigenvalue weighted by atomic mass is 32.1. The van der Waals surface area contributed by atoms with Gasteiger partial charge in [-0.05, 0) is 12.5 Å². The predicted molar refractivity (Wildman–Crippen MR) is 62.5 cm³/mol. The van der Waals surface area contributed by atoms with Crippen molar-refractivity contribution in [2.24, 2.45) is 0 Å². The molecule has 15 heavy (non-hydrogen) atoms. The van der Waals surface area contributed by atoms with Crippen molar-refractivity contribution in [1.29, 1.82) is 0 Å². The van der Waals surface area contributed by atoms with Gasteiger partial charge in [0.1, 0.15) is 0 Å². The molecule has 1 aliphatic heterocycles. The number of aryl methyl sites for hydroxylation is 1. The maximum Gasteiger partial charge on any atom is 0.254 e. The highest BCUT2D eigenvalue weighted by molar-refractivity contribution is 7.10. The largest absolute Gasteiger partial charge is 0.336 e. The molecule has 0 aliphatic carbocycles. The van der Waals surface area contributed by atoms with Crippen LogP contribution in [-0.2, 0) is 6.42 Å². The highest BCUT2D eigenvalue weighted by Crippen LogP contribution is 2.17. The molecule has 0 unspecified atom stereocenters. The van der Waals surface area contributed by atoms with E-state index in [0.717, 1.165) is 38.2 Å². The van der Waals surface area contributed by atoms with Crippen molar-refractivity contribution in [2.75, 3.05) is 26.2 Å². The summed E-state index contributed by atoms with van der Waals surface area (Å²) in [6.45, 7) is 5.60. The summed E-state index contributed by atoms with van der Waals surface area (Å²) in [7, 11) is 0. The average Bonchev–Trinajstić information content (AvgIpc) is 2.78. The van der Waals surface area contributed by atoms with Crippen LogP contribution in [0, 0.1) is 0 Å². The van der Waals surface area contributed by atoms with Crippen LogP contribution in [0.25, 0.3) is 0 Å². The summed E-state index contributed by atoms with van der Waals surface area (Å²) in [6, 6.07) is 2.02. The lowest BCUT2D eigenvalue weighted by Gasteiger charge is -2.27. The van der Waals surface area contributed by atoms with Gasteiger partial charge >= 0.3 is 0 Å². The third-order valence-corrected chi connectivity index (χ3v) is 3.73. The van der Waals surface area contributed by atoms with Gasteiger partial charge < -0.3 is 10.2 Å². The fourth-order valence-corrected chi connectivity index (χ4v) is 2.54. The van der Waals surface area contributed by atoms with Gasteiger partial charge in [0.15, 0.2) is 0 Å². The molecule has 82 valence electrons. The standard InChI is InChI=1S/C11H16N2OS/c1-2-10-7-9(8-15-10)11(14)13-5-3-12-4-6-13/h7-8,12H,2-6H2,1H3. The molecule has 1 saturated heterocycles. The van der Waals surface area contributed by atoms with Gasteiger partial charge in [-0.2, -0.15) is 0 Å². The van der Waals surface area contributed by atoms with E-state index in [0.29, 0.717) is 0 Å². The normalized spacial score (nSPS) is 16.7. The Labute approximate surface area is 94.1 Å². The Morgan fingerprint density at radius 2 is 2.27 bits per heavy atom. The summed E-state index contributed by atoms with van der Waals surface area (Å²) < 4.78 is 0. The van der Waals surface area contributed by atoms with Crippen molar-refractivity contribution in [3.63, 3.8) is 0 Å². The van der Waals surface area contributed by atoms with Gasteiger partial charge in [0.05, 0.1) is 5.56 Å². The Bertz CT molecular complexity index is 342. The minimum absolute atomic E-state index is 0.187. The van der Waals surface area contributed by atoms with Gasteiger partial charge in [0.2, 0.25) is 0 Å². The number of nitrogens with one attached hydrogen (secondary N) is 1. The van der Waals surface area contributed by atoms with Crippen LogP contribution in [0.1, 0.15) is 22.2 Å². The third kappa shape index (κ3) is 2.38. The molecule has 1 amide bonds. The number of nitrogens with zero attached hydrogens (tertiary/aromatic N) is 1. The number of amides is 1. The van der Waals surface area contributed by atoms with E-state index in [1.54, 1.807) is 11.3 Å². The second-order valence-corrected chi connectivity index (χ2v) is 4.69. The molecule has 1 aromatic heterocycles. The first-order chi connectivity index (χ1) is 7.31. The van der Waals surface area contributed by atoms with Crippen LogP contribution in [-0.4, -0.2) is 37.0 Å². The summed E-state index contributed by atoms with van der Waals surface area (Å²) >= 11 is 1.68. The highest BCUT2D eigenvalue weighted by Gasteiger charge is 2.18. The van der Waals surface area contributed by atoms with Crippen LogP contribution in [0.5, 0.6) is 0 Å². The molecule has 0 spiro atoms. The first-order valence-corrected chi connectivity index (χ1v) is 6.26. The third-order valence-electron chi connectivity index (χ3n) is 2.65. The summed E-state index contributed by atoms with van der Waals surface area (Å²) in [4.78, 5) is 15.2. The summed E-state index contributed by atoms with van der Waals surface area (Å²) in [5.41, 5.74) is 0.860. The van der Waals surface area contributed by atoms with Gasteiger partial charge in [-0.3, -0.25) is 4.79 Å². The van der Waals surface area contributed by atoms with E-state index >= 15 is 0 Å². The van der Waals surface area contributed by atoms with Crippen molar-refractivity contribution in [2.45, 2.75) is 13.3 Å². The fourth-order valence-electron chi connectivity index (χ4n) is 1.73. The first kappa shape index (κ1) is 10.6. The SMILES string of the molecule is CCc1cc(C(=O)N2CCNCC2)cs1. The molecular formula is C11H16N2OS. The fraction of sp³-hybridized carbons (Fsp3) is 0.545. The summed E-state index contributed by atoms with van der Waals surface area (Å²) in [6.07, 6.45) is 1.01. The molecule has 0 radical (unpaired) electrons. The maximum absolute atomic E-state index is 12.0. The van der Waals surface area contributed by atoms with Crippen LogP contribution >= 0.6 is 11.3 Å². The quantitative estimate of drug-likeness (QED) is 0.822. The van der Waals surface area contributed by atoms with E-state index in [9.17, 15) is 4.79 Å². The molecule has 4 heteroatoms. The number of thiophene rings is 1. The van der Waals surface area contributed by atoms with Crippen LogP contribution in [0.3, 0.4) is 0 Å². The van der Waals surface area contributed by atoms with Gasteiger partial charge in [-0.15, -0.1) is 11.3 Å². The van der Waals surface area contributed by atoms with E-state index in [2.05, 4.69) is 12.2 Å². The van der Waals surface area contributed by atoms with Crippen LogP contribution in [0.4, 0.5) is 0 Å². The molecule has 1 aliphatic rings. The van der Waals surface area contributed by atoms with E-state index < -0.39 is 0 Å². The summed E-state index contributed by atoms with van der Waals surface area (Å²) in [5, 5.41) is 5.22. The van der Waals surface area contributed by atoms with E-state index in [-0.39, 0.29) is 5.91 Å². The average molecular weight is 224 g/mol. The van der Waals surface area contributed by atoms with Gasteiger partial charge in [0, 0.05) is 36.4 Å². The first-order valence-electron chi connectivity index (χ1n) is 5.38. The zero-order valence-electron chi connectivity index (χ0n) is 8.95. The molecule has 2 rings (SSSR count). The summed E-state index contributed by atoms with van der Waals surface area (Å²) in [5.74, 6) is 0.187. The molecular weight excluding hydrogens is 208 g/mol. The smallest absolute Gasteiger partial charge is 0.254 e. The second kappa shape index (κ2) is 4.77. The molecule has 3 nitrogen and oxygen atoms in total. The number of rotatable bonds is 2. The molecule has 0 bridgehead atoms. The number of piperazine rings is 1. The molecule has 1 N–H and O–H groups in total. The Balaban J connectivity index is 2.05. The predicted octanol–water partition coefficient (Wildman–Crippen LogP) is 1.36. The molecule has 0 saturated carbocycles.